The Labute approximate surface area is 79.6 Å². The summed E-state index contributed by atoms with van der Waals surface area (Å²) in [5, 5.41) is 0. The molecule has 0 spiro atoms. The number of hydrogen-bond acceptors (Lipinski definition) is 5. The SMILES string of the molecule is CCC(=O)c1nc(N)c2[nH]cnc2n1. The van der Waals surface area contributed by atoms with Crippen molar-refractivity contribution in [3.63, 3.8) is 0 Å². The molecule has 0 atom stereocenters. The first kappa shape index (κ1) is 8.61. The van der Waals surface area contributed by atoms with Gasteiger partial charge in [-0.25, -0.2) is 15.0 Å². The van der Waals surface area contributed by atoms with Crippen molar-refractivity contribution in [2.24, 2.45) is 0 Å². The minimum absolute atomic E-state index is 0.129. The Morgan fingerprint density at radius 2 is 2.36 bits per heavy atom. The molecule has 0 saturated carbocycles. The topological polar surface area (TPSA) is 97.6 Å². The molecular formula is C8H9N5O. The summed E-state index contributed by atoms with van der Waals surface area (Å²) in [5.74, 6) is 0.246. The lowest BCUT2D eigenvalue weighted by atomic mass is 10.3. The molecule has 0 aromatic carbocycles. The predicted molar refractivity (Wildman–Crippen MR) is 50.7 cm³/mol. The van der Waals surface area contributed by atoms with Crippen LogP contribution >= 0.6 is 0 Å². The molecule has 0 saturated heterocycles. The molecule has 3 N–H and O–H groups in total. The largest absolute Gasteiger partial charge is 0.382 e. The highest BCUT2D eigenvalue weighted by molar-refractivity contribution is 5.95. The molecule has 6 nitrogen and oxygen atoms in total. The Morgan fingerprint density at radius 3 is 3.07 bits per heavy atom. The third-order valence-corrected chi connectivity index (χ3v) is 1.88. The van der Waals surface area contributed by atoms with Gasteiger partial charge in [0.2, 0.25) is 0 Å². The molecule has 72 valence electrons. The lowest BCUT2D eigenvalue weighted by Gasteiger charge is -1.98. The van der Waals surface area contributed by atoms with Crippen LogP contribution in [0, 0.1) is 0 Å². The maximum absolute atomic E-state index is 11.3. The highest BCUT2D eigenvalue weighted by atomic mass is 16.1. The van der Waals surface area contributed by atoms with Crippen molar-refractivity contribution in [1.82, 2.24) is 19.9 Å². The second-order valence-electron chi connectivity index (χ2n) is 2.81. The van der Waals surface area contributed by atoms with Crippen LogP contribution in [0.3, 0.4) is 0 Å². The molecule has 0 fully saturated rings. The molecule has 0 bridgehead atoms. The van der Waals surface area contributed by atoms with Crippen molar-refractivity contribution >= 4 is 22.8 Å². The van der Waals surface area contributed by atoms with E-state index in [9.17, 15) is 4.79 Å². The van der Waals surface area contributed by atoms with Gasteiger partial charge in [-0.3, -0.25) is 4.79 Å². The molecule has 0 amide bonds. The number of nitrogen functional groups attached to an aromatic ring is 1. The molecule has 2 aromatic rings. The lowest BCUT2D eigenvalue weighted by Crippen LogP contribution is -2.07. The number of nitrogens with zero attached hydrogens (tertiary/aromatic N) is 3. The highest BCUT2D eigenvalue weighted by Gasteiger charge is 2.11. The highest BCUT2D eigenvalue weighted by Crippen LogP contribution is 2.13. The zero-order valence-corrected chi connectivity index (χ0v) is 7.61. The first-order valence-corrected chi connectivity index (χ1v) is 4.22. The number of H-pyrrole nitrogens is 1. The van der Waals surface area contributed by atoms with Crippen LogP contribution < -0.4 is 5.73 Å². The van der Waals surface area contributed by atoms with Gasteiger partial charge in [0.1, 0.15) is 5.52 Å². The van der Waals surface area contributed by atoms with E-state index < -0.39 is 0 Å². The molecule has 2 heterocycles. The van der Waals surface area contributed by atoms with E-state index in [1.807, 2.05) is 0 Å². The Kier molecular flexibility index (Phi) is 1.88. The number of carbonyl (C=O) groups is 1. The van der Waals surface area contributed by atoms with E-state index in [4.69, 9.17) is 5.73 Å². The second kappa shape index (κ2) is 3.06. The smallest absolute Gasteiger partial charge is 0.200 e. The van der Waals surface area contributed by atoms with Gasteiger partial charge < -0.3 is 10.7 Å². The summed E-state index contributed by atoms with van der Waals surface area (Å²) in [6.45, 7) is 1.75. The van der Waals surface area contributed by atoms with Crippen molar-refractivity contribution < 1.29 is 4.79 Å². The summed E-state index contributed by atoms with van der Waals surface area (Å²) in [6.07, 6.45) is 1.82. The summed E-state index contributed by atoms with van der Waals surface area (Å²) in [6, 6.07) is 0. The quantitative estimate of drug-likeness (QED) is 0.674. The predicted octanol–water partition coefficient (Wildman–Crippen LogP) is 0.528. The number of ketones is 1. The fourth-order valence-electron chi connectivity index (χ4n) is 1.14. The standard InChI is InChI=1S/C8H9N5O/c1-2-4(14)7-12-6(9)5-8(13-7)11-3-10-5/h3H,2H2,1H3,(H3,9,10,11,12,13). The van der Waals surface area contributed by atoms with Crippen molar-refractivity contribution in [3.05, 3.63) is 12.2 Å². The van der Waals surface area contributed by atoms with Crippen molar-refractivity contribution in [2.75, 3.05) is 5.73 Å². The number of imidazole rings is 1. The number of hydrogen-bond donors (Lipinski definition) is 2. The average Bonchev–Trinajstić information content (AvgIpc) is 2.64. The molecule has 14 heavy (non-hydrogen) atoms. The maximum atomic E-state index is 11.3. The Morgan fingerprint density at radius 1 is 1.57 bits per heavy atom. The number of aromatic nitrogens is 4. The molecule has 0 aliphatic rings. The number of nitrogens with one attached hydrogen (secondary N) is 1. The van der Waals surface area contributed by atoms with Crippen LogP contribution in [0.25, 0.3) is 11.2 Å². The van der Waals surface area contributed by atoms with E-state index in [-0.39, 0.29) is 17.4 Å². The van der Waals surface area contributed by atoms with Crippen molar-refractivity contribution in [1.29, 1.82) is 0 Å². The number of fused-ring (bicyclic) bond motifs is 1. The Balaban J connectivity index is 2.64. The van der Waals surface area contributed by atoms with Crippen LogP contribution in [0.5, 0.6) is 0 Å². The van der Waals surface area contributed by atoms with Crippen LogP contribution in [-0.2, 0) is 0 Å². The number of aromatic amines is 1. The van der Waals surface area contributed by atoms with Gasteiger partial charge >= 0.3 is 0 Å². The summed E-state index contributed by atoms with van der Waals surface area (Å²) in [5.41, 5.74) is 6.61. The number of rotatable bonds is 2. The zero-order chi connectivity index (χ0) is 10.1. The number of anilines is 1. The molecule has 2 rings (SSSR count). The van der Waals surface area contributed by atoms with E-state index in [1.54, 1.807) is 6.92 Å². The van der Waals surface area contributed by atoms with Gasteiger partial charge in [-0.05, 0) is 0 Å². The zero-order valence-electron chi connectivity index (χ0n) is 7.61. The summed E-state index contributed by atoms with van der Waals surface area (Å²) in [4.78, 5) is 25.9. The third kappa shape index (κ3) is 1.20. The van der Waals surface area contributed by atoms with Crippen LogP contribution in [-0.4, -0.2) is 25.7 Å². The maximum Gasteiger partial charge on any atom is 0.200 e. The van der Waals surface area contributed by atoms with Gasteiger partial charge in [0.05, 0.1) is 6.33 Å². The van der Waals surface area contributed by atoms with Crippen molar-refractivity contribution in [3.8, 4) is 0 Å². The molecule has 0 aliphatic carbocycles. The van der Waals surface area contributed by atoms with Gasteiger partial charge in [-0.2, -0.15) is 0 Å². The monoisotopic (exact) mass is 191 g/mol. The first-order chi connectivity index (χ1) is 6.72. The van der Waals surface area contributed by atoms with Gasteiger partial charge in [0.15, 0.2) is 23.1 Å². The minimum Gasteiger partial charge on any atom is -0.382 e. The van der Waals surface area contributed by atoms with Gasteiger partial charge in [-0.1, -0.05) is 6.92 Å². The van der Waals surface area contributed by atoms with Gasteiger partial charge in [0, 0.05) is 6.42 Å². The van der Waals surface area contributed by atoms with E-state index in [0.717, 1.165) is 0 Å². The normalized spacial score (nSPS) is 10.6. The number of carbonyl (C=O) groups excluding carboxylic acids is 1. The van der Waals surface area contributed by atoms with Crippen molar-refractivity contribution in [2.45, 2.75) is 13.3 Å². The summed E-state index contributed by atoms with van der Waals surface area (Å²) < 4.78 is 0. The molecule has 2 aromatic heterocycles. The molecule has 0 unspecified atom stereocenters. The lowest BCUT2D eigenvalue weighted by molar-refractivity contribution is 0.0978. The van der Waals surface area contributed by atoms with Crippen LogP contribution in [0.2, 0.25) is 0 Å². The fraction of sp³-hybridized carbons (Fsp3) is 0.250. The van der Waals surface area contributed by atoms with Crippen LogP contribution in [0.1, 0.15) is 24.0 Å². The minimum atomic E-state index is -0.137. The van der Waals surface area contributed by atoms with Gasteiger partial charge in [0.25, 0.3) is 0 Å². The Hall–Kier alpha value is -1.98. The average molecular weight is 191 g/mol. The first-order valence-electron chi connectivity index (χ1n) is 4.22. The molecule has 6 heteroatoms. The van der Waals surface area contributed by atoms with E-state index in [2.05, 4.69) is 19.9 Å². The van der Waals surface area contributed by atoms with Crippen LogP contribution in [0.15, 0.2) is 6.33 Å². The molecule has 0 aliphatic heterocycles. The van der Waals surface area contributed by atoms with Crippen LogP contribution in [0.4, 0.5) is 5.82 Å². The van der Waals surface area contributed by atoms with E-state index >= 15 is 0 Å². The van der Waals surface area contributed by atoms with E-state index in [0.29, 0.717) is 17.6 Å². The number of Topliss-reactive ketones (excluding diaryl/α,β-unsaturated/α-hetero) is 1. The third-order valence-electron chi connectivity index (χ3n) is 1.88. The molecule has 0 radical (unpaired) electrons. The van der Waals surface area contributed by atoms with Gasteiger partial charge in [-0.15, -0.1) is 0 Å². The van der Waals surface area contributed by atoms with E-state index in [1.165, 1.54) is 6.33 Å². The summed E-state index contributed by atoms with van der Waals surface area (Å²) >= 11 is 0. The number of nitrogens with two attached hydrogens (primary N) is 1. The second-order valence-corrected chi connectivity index (χ2v) is 2.81. The fourth-order valence-corrected chi connectivity index (χ4v) is 1.14. The summed E-state index contributed by atoms with van der Waals surface area (Å²) in [7, 11) is 0. The Bertz CT molecular complexity index is 489. The molecular weight excluding hydrogens is 182 g/mol.